The van der Waals surface area contributed by atoms with Gasteiger partial charge in [-0.25, -0.2) is 31.3 Å². The van der Waals surface area contributed by atoms with Crippen LogP contribution < -0.4 is 10.6 Å². The Balaban J connectivity index is 0.000000204. The van der Waals surface area contributed by atoms with Crippen molar-refractivity contribution in [3.05, 3.63) is 139 Å². The molecule has 0 unspecified atom stereocenters. The highest BCUT2D eigenvalue weighted by Gasteiger charge is 2.25. The Labute approximate surface area is 317 Å². The first-order valence-electron chi connectivity index (χ1n) is 15.1. The van der Waals surface area contributed by atoms with Gasteiger partial charge in [0.1, 0.15) is 27.9 Å². The van der Waals surface area contributed by atoms with Crippen LogP contribution in [-0.2, 0) is 7.05 Å². The van der Waals surface area contributed by atoms with Crippen LogP contribution in [0.15, 0.2) is 85.1 Å². The summed E-state index contributed by atoms with van der Waals surface area (Å²) in [6.07, 6.45) is -4.59. The van der Waals surface area contributed by atoms with Gasteiger partial charge < -0.3 is 10.6 Å². The summed E-state index contributed by atoms with van der Waals surface area (Å²) in [4.78, 5) is 28.6. The van der Waals surface area contributed by atoms with Crippen molar-refractivity contribution >= 4 is 69.3 Å². The second kappa shape index (κ2) is 16.8. The molecule has 0 saturated carbocycles. The largest absolute Gasteiger partial charge is 0.321 e. The van der Waals surface area contributed by atoms with Gasteiger partial charge in [-0.05, 0) is 66.6 Å². The number of halogens is 9. The smallest absolute Gasteiger partial charge is 0.282 e. The monoisotopic (exact) mass is 809 g/mol. The summed E-state index contributed by atoms with van der Waals surface area (Å²) in [5.41, 5.74) is 1.03. The van der Waals surface area contributed by atoms with E-state index in [0.29, 0.717) is 38.0 Å². The lowest BCUT2D eigenvalue weighted by Gasteiger charge is -2.12. The Bertz CT molecular complexity index is 2320. The molecule has 2 aromatic heterocycles. The number of carbonyl (C=O) groups excluding carboxylic acids is 2. The fraction of sp³-hybridized carbons (Fsp3) is 0.111. The van der Waals surface area contributed by atoms with Gasteiger partial charge in [-0.15, -0.1) is 11.3 Å². The normalized spacial score (nSPS) is 11.0. The molecule has 0 aliphatic heterocycles. The molecule has 2 heterocycles. The van der Waals surface area contributed by atoms with Gasteiger partial charge in [-0.3, -0.25) is 14.3 Å². The summed E-state index contributed by atoms with van der Waals surface area (Å²) < 4.78 is 80.9. The molecule has 274 valence electrons. The van der Waals surface area contributed by atoms with Crippen LogP contribution in [0, 0.1) is 18.6 Å². The fourth-order valence-electron chi connectivity index (χ4n) is 5.01. The Hall–Kier alpha value is -4.89. The number of amides is 2. The number of nitrogens with zero attached hydrogens (tertiary/aromatic N) is 3. The van der Waals surface area contributed by atoms with E-state index in [1.807, 2.05) is 0 Å². The minimum absolute atomic E-state index is 0.0167. The van der Waals surface area contributed by atoms with E-state index in [0.717, 1.165) is 22.1 Å². The maximum Gasteiger partial charge on any atom is 0.282 e. The maximum absolute atomic E-state index is 13.8. The third kappa shape index (κ3) is 9.38. The molecule has 6 rings (SSSR count). The Morgan fingerprint density at radius 3 is 2.02 bits per heavy atom. The number of carbonyl (C=O) groups is 2. The standard InChI is InChI=1S/C18H12Cl2F3N3O.C18H12ClF3N2OS/c1-26-8-12(16(25-26)17(22)23)18(27)24-15-7-10(21)3-4-11(15)9-2-5-13(19)14(20)6-9;1-9-23-15(17(21)22)16(26-9)18(25)24-14-5-3-2-4-11(14)10-6-7-12(19)13(20)8-10/h2-8,17H,1H3,(H,24,27);2-8,17H,1H3,(H,24,25). The van der Waals surface area contributed by atoms with Crippen molar-refractivity contribution in [2.45, 2.75) is 19.8 Å². The van der Waals surface area contributed by atoms with Crippen LogP contribution in [0.2, 0.25) is 15.1 Å². The molecule has 0 radical (unpaired) electrons. The third-order valence-electron chi connectivity index (χ3n) is 7.35. The van der Waals surface area contributed by atoms with Crippen LogP contribution in [0.5, 0.6) is 0 Å². The zero-order chi connectivity index (χ0) is 38.6. The number of benzene rings is 4. The third-order valence-corrected chi connectivity index (χ3v) is 9.38. The van der Waals surface area contributed by atoms with Crippen molar-refractivity contribution in [1.29, 1.82) is 0 Å². The van der Waals surface area contributed by atoms with E-state index in [2.05, 4.69) is 20.7 Å². The highest BCUT2D eigenvalue weighted by atomic mass is 35.5. The summed E-state index contributed by atoms with van der Waals surface area (Å²) in [5.74, 6) is -2.71. The lowest BCUT2D eigenvalue weighted by molar-refractivity contribution is 0.100. The maximum atomic E-state index is 13.8. The molecular weight excluding hydrogens is 787 g/mol. The van der Waals surface area contributed by atoms with Gasteiger partial charge in [0, 0.05) is 30.1 Å². The molecule has 17 heteroatoms. The number of rotatable bonds is 8. The quantitative estimate of drug-likeness (QED) is 0.150. The van der Waals surface area contributed by atoms with Crippen molar-refractivity contribution in [3.8, 4) is 22.3 Å². The van der Waals surface area contributed by atoms with Gasteiger partial charge in [-0.2, -0.15) is 5.10 Å². The van der Waals surface area contributed by atoms with E-state index in [4.69, 9.17) is 34.8 Å². The summed E-state index contributed by atoms with van der Waals surface area (Å²) >= 11 is 18.5. The second-order valence-electron chi connectivity index (χ2n) is 11.1. The van der Waals surface area contributed by atoms with E-state index < -0.39 is 47.7 Å². The highest BCUT2D eigenvalue weighted by molar-refractivity contribution is 7.13. The molecule has 2 amide bonds. The summed E-state index contributed by atoms with van der Waals surface area (Å²) in [6.45, 7) is 1.55. The molecule has 6 aromatic rings. The number of nitrogens with one attached hydrogen (secondary N) is 2. The summed E-state index contributed by atoms with van der Waals surface area (Å²) in [6, 6.07) is 19.5. The van der Waals surface area contributed by atoms with E-state index in [1.54, 1.807) is 55.5 Å². The fourth-order valence-corrected chi connectivity index (χ4v) is 6.25. The van der Waals surface area contributed by atoms with Crippen molar-refractivity contribution in [1.82, 2.24) is 14.8 Å². The summed E-state index contributed by atoms with van der Waals surface area (Å²) in [7, 11) is 1.42. The number of aromatic nitrogens is 3. The van der Waals surface area contributed by atoms with Crippen LogP contribution >= 0.6 is 46.1 Å². The Morgan fingerprint density at radius 2 is 1.36 bits per heavy atom. The number of hydrogen-bond acceptors (Lipinski definition) is 5. The molecule has 0 spiro atoms. The number of para-hydroxylation sites is 1. The van der Waals surface area contributed by atoms with Crippen molar-refractivity contribution in [2.24, 2.45) is 7.05 Å². The number of anilines is 2. The van der Waals surface area contributed by atoms with Gasteiger partial charge in [0.15, 0.2) is 0 Å². The first-order chi connectivity index (χ1) is 25.1. The molecule has 53 heavy (non-hydrogen) atoms. The molecule has 4 aromatic carbocycles. The zero-order valence-electron chi connectivity index (χ0n) is 27.2. The van der Waals surface area contributed by atoms with Gasteiger partial charge in [0.2, 0.25) is 0 Å². The number of hydrogen-bond donors (Lipinski definition) is 2. The molecule has 0 bridgehead atoms. The molecule has 0 atom stereocenters. The number of alkyl halides is 4. The van der Waals surface area contributed by atoms with E-state index in [9.17, 15) is 35.9 Å². The SMILES string of the molecule is Cc1nc(C(F)F)c(C(=O)Nc2ccccc2-c2ccc(Cl)c(F)c2)s1.Cn1cc(C(=O)Nc2cc(F)ccc2-c2ccc(Cl)c(Cl)c2)c(C(F)F)n1. The Kier molecular flexibility index (Phi) is 12.5. The second-order valence-corrected chi connectivity index (χ2v) is 13.5. The molecule has 0 saturated heterocycles. The molecule has 7 nitrogen and oxygen atoms in total. The predicted molar refractivity (Wildman–Crippen MR) is 195 cm³/mol. The van der Waals surface area contributed by atoms with Gasteiger partial charge >= 0.3 is 0 Å². The highest BCUT2D eigenvalue weighted by Crippen LogP contribution is 2.35. The van der Waals surface area contributed by atoms with Crippen LogP contribution in [0.4, 0.5) is 37.7 Å². The summed E-state index contributed by atoms with van der Waals surface area (Å²) in [5, 5.41) is 9.65. The average molecular weight is 811 g/mol. The molecule has 2 N–H and O–H groups in total. The molecule has 0 aliphatic carbocycles. The minimum Gasteiger partial charge on any atom is -0.321 e. The van der Waals surface area contributed by atoms with Gasteiger partial charge in [-0.1, -0.05) is 65.1 Å². The predicted octanol–water partition coefficient (Wildman–Crippen LogP) is 11.8. The first kappa shape index (κ1) is 39.3. The van der Waals surface area contributed by atoms with Crippen LogP contribution in [0.25, 0.3) is 22.3 Å². The van der Waals surface area contributed by atoms with Gasteiger partial charge in [0.05, 0.1) is 31.3 Å². The number of thiazole rings is 1. The lowest BCUT2D eigenvalue weighted by Crippen LogP contribution is -2.14. The van der Waals surface area contributed by atoms with Crippen molar-refractivity contribution in [3.63, 3.8) is 0 Å². The van der Waals surface area contributed by atoms with E-state index >= 15 is 0 Å². The van der Waals surface area contributed by atoms with E-state index in [1.165, 1.54) is 37.5 Å². The lowest BCUT2D eigenvalue weighted by atomic mass is 10.0. The Morgan fingerprint density at radius 1 is 0.736 bits per heavy atom. The molecule has 0 aliphatic rings. The van der Waals surface area contributed by atoms with Crippen LogP contribution in [0.3, 0.4) is 0 Å². The van der Waals surface area contributed by atoms with Crippen LogP contribution in [-0.4, -0.2) is 26.6 Å². The van der Waals surface area contributed by atoms with E-state index in [-0.39, 0.29) is 26.2 Å². The zero-order valence-corrected chi connectivity index (χ0v) is 30.3. The van der Waals surface area contributed by atoms with Crippen molar-refractivity contribution in [2.75, 3.05) is 10.6 Å². The number of aryl methyl sites for hydroxylation is 2. The average Bonchev–Trinajstić information content (AvgIpc) is 3.71. The van der Waals surface area contributed by atoms with Crippen molar-refractivity contribution < 1.29 is 35.9 Å². The molecule has 0 fully saturated rings. The first-order valence-corrected chi connectivity index (χ1v) is 17.1. The van der Waals surface area contributed by atoms with Crippen LogP contribution in [0.1, 0.15) is 49.3 Å². The van der Waals surface area contributed by atoms with Gasteiger partial charge in [0.25, 0.3) is 24.7 Å². The topological polar surface area (TPSA) is 88.9 Å². The minimum atomic E-state index is -2.92. The molecular formula is C36H24Cl3F6N5O2S.